The fourth-order valence-electron chi connectivity index (χ4n) is 1.70. The van der Waals surface area contributed by atoms with Crippen LogP contribution in [0, 0.1) is 5.82 Å². The highest BCUT2D eigenvalue weighted by Crippen LogP contribution is 2.20. The van der Waals surface area contributed by atoms with Crippen molar-refractivity contribution in [3.8, 4) is 0 Å². The van der Waals surface area contributed by atoms with Crippen molar-refractivity contribution >= 4 is 28.8 Å². The number of nitrogens with zero attached hydrogens (tertiary/aromatic N) is 1. The molecular formula is C13H10ClFN2OS. The Kier molecular flexibility index (Phi) is 3.97. The molecule has 0 aliphatic carbocycles. The number of thiocarbonyl (C=S) groups is 1. The van der Waals surface area contributed by atoms with Crippen molar-refractivity contribution in [2.75, 3.05) is 0 Å². The van der Waals surface area contributed by atoms with Gasteiger partial charge in [0.15, 0.2) is 0 Å². The van der Waals surface area contributed by atoms with Gasteiger partial charge in [0.05, 0.1) is 17.1 Å². The Morgan fingerprint density at radius 1 is 1.37 bits per heavy atom. The van der Waals surface area contributed by atoms with Crippen LogP contribution in [-0.2, 0) is 6.54 Å². The molecule has 0 spiro atoms. The van der Waals surface area contributed by atoms with E-state index in [1.54, 1.807) is 30.5 Å². The van der Waals surface area contributed by atoms with Crippen LogP contribution < -0.4 is 11.3 Å². The Morgan fingerprint density at radius 2 is 2.11 bits per heavy atom. The number of aromatic nitrogens is 1. The third kappa shape index (κ3) is 2.83. The first-order chi connectivity index (χ1) is 9.00. The molecule has 1 heterocycles. The zero-order chi connectivity index (χ0) is 14.0. The van der Waals surface area contributed by atoms with Gasteiger partial charge >= 0.3 is 0 Å². The minimum absolute atomic E-state index is 0.00938. The number of benzene rings is 1. The van der Waals surface area contributed by atoms with Crippen LogP contribution in [0.3, 0.4) is 0 Å². The van der Waals surface area contributed by atoms with Crippen molar-refractivity contribution in [3.63, 3.8) is 0 Å². The standard InChI is InChI=1S/C13H10ClFN2OS/c14-11-8(3-1-5-10(11)15)7-17-6-2-4-9(12(16)19)13(17)18/h1-6H,7H2,(H2,16,19). The van der Waals surface area contributed by atoms with Gasteiger partial charge < -0.3 is 10.3 Å². The van der Waals surface area contributed by atoms with E-state index in [2.05, 4.69) is 0 Å². The molecule has 0 aliphatic heterocycles. The molecule has 3 nitrogen and oxygen atoms in total. The second-order valence-corrected chi connectivity index (χ2v) is 4.75. The van der Waals surface area contributed by atoms with Crippen LogP contribution in [0.15, 0.2) is 41.3 Å². The maximum Gasteiger partial charge on any atom is 0.261 e. The van der Waals surface area contributed by atoms with E-state index in [4.69, 9.17) is 29.6 Å². The lowest BCUT2D eigenvalue weighted by Crippen LogP contribution is -2.28. The van der Waals surface area contributed by atoms with Gasteiger partial charge in [0.25, 0.3) is 5.56 Å². The highest BCUT2D eigenvalue weighted by atomic mass is 35.5. The van der Waals surface area contributed by atoms with Crippen LogP contribution in [0.5, 0.6) is 0 Å². The molecule has 0 fully saturated rings. The van der Waals surface area contributed by atoms with Crippen LogP contribution in [-0.4, -0.2) is 9.56 Å². The monoisotopic (exact) mass is 296 g/mol. The smallest absolute Gasteiger partial charge is 0.261 e. The summed E-state index contributed by atoms with van der Waals surface area (Å²) in [5, 5.41) is 0.00938. The molecule has 0 radical (unpaired) electrons. The summed E-state index contributed by atoms with van der Waals surface area (Å²) in [4.78, 5) is 12.1. The Balaban J connectivity index is 2.45. The molecule has 6 heteroatoms. The van der Waals surface area contributed by atoms with Gasteiger partial charge in [-0.25, -0.2) is 4.39 Å². The quantitative estimate of drug-likeness (QED) is 0.884. The van der Waals surface area contributed by atoms with Crippen molar-refractivity contribution < 1.29 is 4.39 Å². The molecule has 0 saturated heterocycles. The maximum absolute atomic E-state index is 13.3. The molecule has 0 saturated carbocycles. The predicted molar refractivity (Wildman–Crippen MR) is 77.1 cm³/mol. The Morgan fingerprint density at radius 3 is 2.79 bits per heavy atom. The minimum Gasteiger partial charge on any atom is -0.389 e. The Bertz CT molecular complexity index is 699. The highest BCUT2D eigenvalue weighted by Gasteiger charge is 2.09. The average molecular weight is 297 g/mol. The predicted octanol–water partition coefficient (Wildman–Crippen LogP) is 2.32. The fraction of sp³-hybridized carbons (Fsp3) is 0.0769. The lowest BCUT2D eigenvalue weighted by Gasteiger charge is -2.09. The summed E-state index contributed by atoms with van der Waals surface area (Å²) in [6.45, 7) is 0.159. The average Bonchev–Trinajstić information content (AvgIpc) is 2.37. The lowest BCUT2D eigenvalue weighted by molar-refractivity contribution is 0.623. The summed E-state index contributed by atoms with van der Waals surface area (Å²) in [6.07, 6.45) is 1.57. The lowest BCUT2D eigenvalue weighted by atomic mass is 10.2. The van der Waals surface area contributed by atoms with E-state index in [0.29, 0.717) is 5.56 Å². The van der Waals surface area contributed by atoms with Gasteiger partial charge in [0.2, 0.25) is 0 Å². The highest BCUT2D eigenvalue weighted by molar-refractivity contribution is 7.80. The largest absolute Gasteiger partial charge is 0.389 e. The van der Waals surface area contributed by atoms with E-state index < -0.39 is 5.82 Å². The normalized spacial score (nSPS) is 10.4. The molecule has 1 aromatic carbocycles. The van der Waals surface area contributed by atoms with Crippen LogP contribution in [0.1, 0.15) is 11.1 Å². The van der Waals surface area contributed by atoms with Gasteiger partial charge in [0, 0.05) is 6.20 Å². The zero-order valence-electron chi connectivity index (χ0n) is 9.77. The molecule has 1 aromatic heterocycles. The van der Waals surface area contributed by atoms with Crippen LogP contribution >= 0.6 is 23.8 Å². The third-order valence-electron chi connectivity index (χ3n) is 2.66. The molecule has 0 bridgehead atoms. The number of nitrogens with two attached hydrogens (primary N) is 1. The van der Waals surface area contributed by atoms with Crippen molar-refractivity contribution in [2.24, 2.45) is 5.73 Å². The molecule has 19 heavy (non-hydrogen) atoms. The summed E-state index contributed by atoms with van der Waals surface area (Å²) >= 11 is 10.7. The second-order valence-electron chi connectivity index (χ2n) is 3.93. The van der Waals surface area contributed by atoms with Gasteiger partial charge in [-0.15, -0.1) is 0 Å². The SMILES string of the molecule is NC(=S)c1cccn(Cc2cccc(F)c2Cl)c1=O. The van der Waals surface area contributed by atoms with Crippen molar-refractivity contribution in [1.29, 1.82) is 0 Å². The second kappa shape index (κ2) is 5.50. The van der Waals surface area contributed by atoms with E-state index in [0.717, 1.165) is 0 Å². The Hall–Kier alpha value is -1.72. The summed E-state index contributed by atoms with van der Waals surface area (Å²) < 4.78 is 14.7. The fourth-order valence-corrected chi connectivity index (χ4v) is 2.04. The molecule has 2 rings (SSSR count). The Labute approximate surface area is 119 Å². The summed E-state index contributed by atoms with van der Waals surface area (Å²) in [5.74, 6) is -0.516. The molecule has 2 N–H and O–H groups in total. The molecule has 2 aromatic rings. The molecule has 0 unspecified atom stereocenters. The summed E-state index contributed by atoms with van der Waals surface area (Å²) in [6, 6.07) is 7.67. The van der Waals surface area contributed by atoms with Gasteiger partial charge in [-0.2, -0.15) is 0 Å². The van der Waals surface area contributed by atoms with E-state index >= 15 is 0 Å². The molecule has 0 amide bonds. The van der Waals surface area contributed by atoms with Crippen molar-refractivity contribution in [1.82, 2.24) is 4.57 Å². The first-order valence-corrected chi connectivity index (χ1v) is 6.21. The van der Waals surface area contributed by atoms with Crippen LogP contribution in [0.25, 0.3) is 0 Å². The van der Waals surface area contributed by atoms with E-state index in [-0.39, 0.29) is 27.7 Å². The topological polar surface area (TPSA) is 48.0 Å². The summed E-state index contributed by atoms with van der Waals surface area (Å²) in [7, 11) is 0. The molecular weight excluding hydrogens is 287 g/mol. The van der Waals surface area contributed by atoms with Crippen molar-refractivity contribution in [3.05, 3.63) is 68.8 Å². The number of hydrogen-bond acceptors (Lipinski definition) is 2. The summed E-state index contributed by atoms with van der Waals surface area (Å²) in [5.41, 5.74) is 5.91. The number of hydrogen-bond donors (Lipinski definition) is 1. The number of halogens is 2. The first-order valence-electron chi connectivity index (χ1n) is 5.43. The van der Waals surface area contributed by atoms with Crippen molar-refractivity contribution in [2.45, 2.75) is 6.54 Å². The van der Waals surface area contributed by atoms with E-state index in [1.807, 2.05) is 0 Å². The van der Waals surface area contributed by atoms with Gasteiger partial charge in [0.1, 0.15) is 10.8 Å². The van der Waals surface area contributed by atoms with Gasteiger partial charge in [-0.05, 0) is 23.8 Å². The molecule has 98 valence electrons. The third-order valence-corrected chi connectivity index (χ3v) is 3.30. The van der Waals surface area contributed by atoms with Gasteiger partial charge in [-0.1, -0.05) is 36.0 Å². The maximum atomic E-state index is 13.3. The van der Waals surface area contributed by atoms with Crippen LogP contribution in [0.2, 0.25) is 5.02 Å². The zero-order valence-corrected chi connectivity index (χ0v) is 11.3. The van der Waals surface area contributed by atoms with E-state index in [1.165, 1.54) is 10.6 Å². The minimum atomic E-state index is -0.516. The first kappa shape index (κ1) is 13.7. The number of pyridine rings is 1. The number of rotatable bonds is 3. The van der Waals surface area contributed by atoms with Gasteiger partial charge in [-0.3, -0.25) is 4.79 Å². The molecule has 0 aliphatic rings. The van der Waals surface area contributed by atoms with E-state index in [9.17, 15) is 9.18 Å². The molecule has 0 atom stereocenters. The van der Waals surface area contributed by atoms with Crippen LogP contribution in [0.4, 0.5) is 4.39 Å².